The fraction of sp³-hybridized carbons (Fsp3) is 0.222. The summed E-state index contributed by atoms with van der Waals surface area (Å²) in [5, 5.41) is 8.53. The van der Waals surface area contributed by atoms with E-state index >= 15 is 0 Å². The molecule has 0 fully saturated rings. The number of carboxylic acid groups (broad SMARTS) is 1. The Morgan fingerprint density at radius 3 is 2.79 bits per heavy atom. The first-order chi connectivity index (χ1) is 6.50. The van der Waals surface area contributed by atoms with Crippen LogP contribution >= 0.6 is 11.6 Å². The molecule has 0 aliphatic carbocycles. The van der Waals surface area contributed by atoms with Gasteiger partial charge in [0.2, 0.25) is 0 Å². The van der Waals surface area contributed by atoms with Crippen molar-refractivity contribution in [3.05, 3.63) is 34.6 Å². The van der Waals surface area contributed by atoms with Gasteiger partial charge >= 0.3 is 5.97 Å². The van der Waals surface area contributed by atoms with Gasteiger partial charge in [-0.05, 0) is 24.1 Å². The molecule has 0 aromatic heterocycles. The number of carboxylic acids is 1. The van der Waals surface area contributed by atoms with E-state index in [1.54, 1.807) is 6.07 Å². The van der Waals surface area contributed by atoms with E-state index in [1.165, 1.54) is 12.1 Å². The number of nitrogens with two attached hydrogens (primary N) is 1. The largest absolute Gasteiger partial charge is 0.480 e. The predicted molar refractivity (Wildman–Crippen MR) is 50.7 cm³/mol. The van der Waals surface area contributed by atoms with Crippen LogP contribution in [0.2, 0.25) is 5.02 Å². The van der Waals surface area contributed by atoms with Crippen LogP contribution in [0.25, 0.3) is 0 Å². The third-order valence-corrected chi connectivity index (χ3v) is 2.06. The molecule has 0 bridgehead atoms. The Labute approximate surface area is 85.3 Å². The maximum Gasteiger partial charge on any atom is 0.320 e. The summed E-state index contributed by atoms with van der Waals surface area (Å²) >= 11 is 5.46. The maximum absolute atomic E-state index is 12.9. The summed E-state index contributed by atoms with van der Waals surface area (Å²) in [5.41, 5.74) is 5.80. The average molecular weight is 218 g/mol. The Bertz CT molecular complexity index is 357. The molecule has 1 rings (SSSR count). The van der Waals surface area contributed by atoms with Gasteiger partial charge in [0, 0.05) is 0 Å². The number of carbonyl (C=O) groups is 1. The Balaban J connectivity index is 2.78. The molecular formula is C9H9ClFNO2. The summed E-state index contributed by atoms with van der Waals surface area (Å²) in [6.45, 7) is 0. The lowest BCUT2D eigenvalue weighted by atomic mass is 10.1. The Kier molecular flexibility index (Phi) is 3.43. The second-order valence-electron chi connectivity index (χ2n) is 2.90. The molecule has 5 heteroatoms. The van der Waals surface area contributed by atoms with E-state index in [1.807, 2.05) is 0 Å². The fourth-order valence-electron chi connectivity index (χ4n) is 1.01. The summed E-state index contributed by atoms with van der Waals surface area (Å²) < 4.78 is 12.9. The molecule has 0 saturated heterocycles. The smallest absolute Gasteiger partial charge is 0.320 e. The molecule has 0 aliphatic heterocycles. The average Bonchev–Trinajstić information content (AvgIpc) is 2.11. The number of benzene rings is 1. The number of halogens is 2. The molecular weight excluding hydrogens is 209 g/mol. The lowest BCUT2D eigenvalue weighted by Gasteiger charge is -2.06. The van der Waals surface area contributed by atoms with E-state index < -0.39 is 17.8 Å². The highest BCUT2D eigenvalue weighted by molar-refractivity contribution is 6.30. The Morgan fingerprint density at radius 2 is 2.29 bits per heavy atom. The molecule has 0 saturated carbocycles. The van der Waals surface area contributed by atoms with E-state index in [-0.39, 0.29) is 11.4 Å². The molecule has 1 aromatic rings. The summed E-state index contributed by atoms with van der Waals surface area (Å²) in [6, 6.07) is 3.09. The Hall–Kier alpha value is -1.13. The quantitative estimate of drug-likeness (QED) is 0.805. The third kappa shape index (κ3) is 2.68. The molecule has 76 valence electrons. The van der Waals surface area contributed by atoms with Gasteiger partial charge in [-0.1, -0.05) is 17.7 Å². The van der Waals surface area contributed by atoms with Crippen molar-refractivity contribution < 1.29 is 14.3 Å². The lowest BCUT2D eigenvalue weighted by molar-refractivity contribution is -0.138. The van der Waals surface area contributed by atoms with Crippen LogP contribution in [0, 0.1) is 5.82 Å². The molecule has 1 aromatic carbocycles. The zero-order chi connectivity index (χ0) is 10.7. The maximum atomic E-state index is 12.9. The zero-order valence-electron chi connectivity index (χ0n) is 7.21. The summed E-state index contributed by atoms with van der Waals surface area (Å²) in [7, 11) is 0. The molecule has 3 N–H and O–H groups in total. The van der Waals surface area contributed by atoms with Crippen molar-refractivity contribution in [1.82, 2.24) is 0 Å². The zero-order valence-corrected chi connectivity index (χ0v) is 7.96. The van der Waals surface area contributed by atoms with Gasteiger partial charge in [-0.3, -0.25) is 4.79 Å². The lowest BCUT2D eigenvalue weighted by Crippen LogP contribution is -2.32. The van der Waals surface area contributed by atoms with E-state index in [0.29, 0.717) is 5.56 Å². The highest BCUT2D eigenvalue weighted by atomic mass is 35.5. The van der Waals surface area contributed by atoms with E-state index in [0.717, 1.165) is 0 Å². The fourth-order valence-corrected chi connectivity index (χ4v) is 1.13. The molecule has 0 amide bonds. The van der Waals surface area contributed by atoms with Gasteiger partial charge in [0.25, 0.3) is 0 Å². The van der Waals surface area contributed by atoms with E-state index in [2.05, 4.69) is 0 Å². The van der Waals surface area contributed by atoms with Crippen molar-refractivity contribution >= 4 is 17.6 Å². The van der Waals surface area contributed by atoms with Gasteiger partial charge in [0.15, 0.2) is 0 Å². The van der Waals surface area contributed by atoms with Gasteiger partial charge in [-0.25, -0.2) is 4.39 Å². The van der Waals surface area contributed by atoms with Gasteiger partial charge in [0.1, 0.15) is 11.9 Å². The standard InChI is InChI=1S/C9H9ClFNO2/c10-6-2-1-5(3-7(6)11)4-8(12)9(13)14/h1-3,8H,4,12H2,(H,13,14)/t8-/m0/s1. The monoisotopic (exact) mass is 217 g/mol. The van der Waals surface area contributed by atoms with Crippen LogP contribution in [-0.4, -0.2) is 17.1 Å². The van der Waals surface area contributed by atoms with Crippen LogP contribution in [0.5, 0.6) is 0 Å². The first kappa shape index (κ1) is 10.9. The van der Waals surface area contributed by atoms with Crippen molar-refractivity contribution in [1.29, 1.82) is 0 Å². The molecule has 3 nitrogen and oxygen atoms in total. The normalized spacial score (nSPS) is 12.5. The van der Waals surface area contributed by atoms with Crippen molar-refractivity contribution in [2.75, 3.05) is 0 Å². The van der Waals surface area contributed by atoms with Gasteiger partial charge in [-0.2, -0.15) is 0 Å². The highest BCUT2D eigenvalue weighted by Gasteiger charge is 2.12. The number of aliphatic carboxylic acids is 1. The van der Waals surface area contributed by atoms with Gasteiger partial charge in [0.05, 0.1) is 5.02 Å². The van der Waals surface area contributed by atoms with Crippen molar-refractivity contribution in [2.24, 2.45) is 5.73 Å². The molecule has 14 heavy (non-hydrogen) atoms. The van der Waals surface area contributed by atoms with Crippen LogP contribution < -0.4 is 5.73 Å². The minimum atomic E-state index is -1.11. The van der Waals surface area contributed by atoms with Crippen molar-refractivity contribution in [2.45, 2.75) is 12.5 Å². The van der Waals surface area contributed by atoms with Crippen molar-refractivity contribution in [3.63, 3.8) is 0 Å². The SMILES string of the molecule is N[C@@H](Cc1ccc(Cl)c(F)c1)C(=O)O. The van der Waals surface area contributed by atoms with Gasteiger partial charge in [-0.15, -0.1) is 0 Å². The predicted octanol–water partition coefficient (Wildman–Crippen LogP) is 1.43. The van der Waals surface area contributed by atoms with Crippen molar-refractivity contribution in [3.8, 4) is 0 Å². The first-order valence-electron chi connectivity index (χ1n) is 3.93. The van der Waals surface area contributed by atoms with Gasteiger partial charge < -0.3 is 10.8 Å². The molecule has 1 atom stereocenters. The molecule has 0 heterocycles. The topological polar surface area (TPSA) is 63.3 Å². The first-order valence-corrected chi connectivity index (χ1v) is 4.31. The third-order valence-electron chi connectivity index (χ3n) is 1.76. The molecule has 0 spiro atoms. The minimum Gasteiger partial charge on any atom is -0.480 e. The number of hydrogen-bond donors (Lipinski definition) is 2. The number of hydrogen-bond acceptors (Lipinski definition) is 2. The molecule has 0 unspecified atom stereocenters. The summed E-state index contributed by atoms with van der Waals surface area (Å²) in [5.74, 6) is -1.68. The highest BCUT2D eigenvalue weighted by Crippen LogP contribution is 2.16. The second-order valence-corrected chi connectivity index (χ2v) is 3.30. The van der Waals surface area contributed by atoms with E-state index in [9.17, 15) is 9.18 Å². The number of rotatable bonds is 3. The second kappa shape index (κ2) is 4.39. The van der Waals surface area contributed by atoms with Crippen LogP contribution in [0.15, 0.2) is 18.2 Å². The molecule has 0 aliphatic rings. The van der Waals surface area contributed by atoms with E-state index in [4.69, 9.17) is 22.4 Å². The van der Waals surface area contributed by atoms with Crippen LogP contribution in [-0.2, 0) is 11.2 Å². The molecule has 0 radical (unpaired) electrons. The Morgan fingerprint density at radius 1 is 1.64 bits per heavy atom. The summed E-state index contributed by atoms with van der Waals surface area (Å²) in [6.07, 6.45) is 0.0867. The van der Waals surface area contributed by atoms with Crippen LogP contribution in [0.4, 0.5) is 4.39 Å². The minimum absolute atomic E-state index is 0.0117. The van der Waals surface area contributed by atoms with Crippen LogP contribution in [0.3, 0.4) is 0 Å². The summed E-state index contributed by atoms with van der Waals surface area (Å²) in [4.78, 5) is 10.4. The van der Waals surface area contributed by atoms with Crippen LogP contribution in [0.1, 0.15) is 5.56 Å².